The minimum atomic E-state index is 0. The molecule has 1 radical (unpaired) electrons. The van der Waals surface area contributed by atoms with Crippen LogP contribution < -0.4 is 17.0 Å². The Morgan fingerprint density at radius 2 is 2.00 bits per heavy atom. The molecule has 0 fully saturated rings. The van der Waals surface area contributed by atoms with Crippen molar-refractivity contribution in [2.45, 2.75) is 13.5 Å². The van der Waals surface area contributed by atoms with Gasteiger partial charge in [-0.3, -0.25) is 0 Å². The third kappa shape index (κ3) is 5.27. The third-order valence-electron chi connectivity index (χ3n) is 1.19. The maximum atomic E-state index is 2.12. The second kappa shape index (κ2) is 8.08. The maximum Gasteiger partial charge on any atom is 3.00 e. The van der Waals surface area contributed by atoms with Crippen LogP contribution in [0.4, 0.5) is 0 Å². The van der Waals surface area contributed by atoms with Gasteiger partial charge in [0.2, 0.25) is 6.33 Å². The topological polar surface area (TPSA) is 37.3 Å². The molecule has 0 bridgehead atoms. The Labute approximate surface area is 83.6 Å². The molecule has 0 aromatic carbocycles. The molecule has 1 heterocycles. The fourth-order valence-electron chi connectivity index (χ4n) is 0.689. The number of rotatable bonds is 1. The molecule has 0 saturated heterocycles. The molecule has 0 unspecified atom stereocenters. The van der Waals surface area contributed by atoms with E-state index >= 15 is 0 Å². The van der Waals surface area contributed by atoms with Crippen molar-refractivity contribution in [1.29, 1.82) is 0 Å². The molecule has 0 spiro atoms. The van der Waals surface area contributed by atoms with Crippen LogP contribution >= 0.6 is 0 Å². The van der Waals surface area contributed by atoms with E-state index in [0.717, 1.165) is 6.54 Å². The number of imidazole rings is 1. The molecule has 0 aliphatic rings. The summed E-state index contributed by atoms with van der Waals surface area (Å²) in [5.74, 6) is 0. The zero-order valence-corrected chi connectivity index (χ0v) is 8.33. The van der Waals surface area contributed by atoms with Crippen LogP contribution in [0.15, 0.2) is 18.7 Å². The van der Waals surface area contributed by atoms with Crippen molar-refractivity contribution in [2.24, 2.45) is 7.05 Å². The van der Waals surface area contributed by atoms with Gasteiger partial charge in [-0.25, -0.2) is 9.13 Å². The maximum absolute atomic E-state index is 2.12. The van der Waals surface area contributed by atoms with Crippen molar-refractivity contribution in [2.75, 3.05) is 0 Å². The number of nitrogens with zero attached hydrogens (tertiary/aromatic N) is 2. The molecular weight excluding hydrogens is 207 g/mol. The first kappa shape index (κ1) is 17.2. The largest absolute Gasteiger partial charge is 3.00 e. The summed E-state index contributed by atoms with van der Waals surface area (Å²) in [4.78, 5) is 0. The number of hydrogen-bond donors (Lipinski definition) is 0. The Kier molecular flexibility index (Phi) is 12.6. The second-order valence-electron chi connectivity index (χ2n) is 1.91. The minimum absolute atomic E-state index is 0. The summed E-state index contributed by atoms with van der Waals surface area (Å²) in [6.45, 7) is 3.18. The number of hydrogen-bond acceptors (Lipinski definition) is 0. The van der Waals surface area contributed by atoms with Crippen molar-refractivity contribution in [1.82, 2.24) is 4.57 Å². The van der Waals surface area contributed by atoms with Gasteiger partial charge in [-0.1, -0.05) is 0 Å². The monoisotopic (exact) mass is 218 g/mol. The van der Waals surface area contributed by atoms with E-state index in [-0.39, 0.29) is 35.0 Å². The van der Waals surface area contributed by atoms with E-state index < -0.39 is 0 Å². The first-order valence-corrected chi connectivity index (χ1v) is 2.84. The van der Waals surface area contributed by atoms with Crippen molar-refractivity contribution in [3.05, 3.63) is 18.7 Å². The van der Waals surface area contributed by atoms with Crippen LogP contribution in [0.2, 0.25) is 0 Å². The molecule has 5 heteroatoms. The van der Waals surface area contributed by atoms with Gasteiger partial charge in [0, 0.05) is 0 Å². The smallest absolute Gasteiger partial charge is 2.00 e. The van der Waals surface area contributed by atoms with Crippen molar-refractivity contribution < 1.29 is 39.5 Å². The van der Waals surface area contributed by atoms with Crippen LogP contribution in [0.3, 0.4) is 0 Å². The zero-order chi connectivity index (χ0) is 5.98. The van der Waals surface area contributed by atoms with E-state index in [4.69, 9.17) is 0 Å². The predicted octanol–water partition coefficient (Wildman–Crippen LogP) is -2.78. The van der Waals surface area contributed by atoms with Gasteiger partial charge in [0.05, 0.1) is 13.6 Å². The van der Waals surface area contributed by atoms with Crippen LogP contribution in [0.1, 0.15) is 6.92 Å². The van der Waals surface area contributed by atoms with Crippen molar-refractivity contribution >= 4 is 0 Å². The standard InChI is InChI=1S/C6H11N2.ClH.Fe.O/c1-3-8-5-4-7(2)6-8;;;/h4-6H,3H2,1-2H3;1H;;/q+1;;+3;-2/p-1. The van der Waals surface area contributed by atoms with Crippen LogP contribution in [-0.2, 0) is 36.1 Å². The average Bonchev–Trinajstić information content (AvgIpc) is 2.14. The molecule has 65 valence electrons. The Morgan fingerprint density at radius 3 is 2.18 bits per heavy atom. The van der Waals surface area contributed by atoms with E-state index in [1.807, 2.05) is 17.8 Å². The van der Waals surface area contributed by atoms with Crippen molar-refractivity contribution in [3.63, 3.8) is 0 Å². The first-order valence-electron chi connectivity index (χ1n) is 2.84. The summed E-state index contributed by atoms with van der Waals surface area (Å²) < 4.78 is 4.16. The van der Waals surface area contributed by atoms with E-state index in [2.05, 4.69) is 24.0 Å². The summed E-state index contributed by atoms with van der Waals surface area (Å²) in [5, 5.41) is 0. The molecule has 0 N–H and O–H groups in total. The molecule has 0 atom stereocenters. The Hall–Kier alpha value is -0.0205. The number of aryl methyl sites for hydroxylation is 2. The SMILES string of the molecule is CCn1cc[n+](C)c1.[Cl-].[Fe+3].[O-2]. The van der Waals surface area contributed by atoms with Gasteiger partial charge < -0.3 is 17.9 Å². The molecule has 1 aromatic rings. The fourth-order valence-corrected chi connectivity index (χ4v) is 0.689. The first-order chi connectivity index (χ1) is 3.83. The van der Waals surface area contributed by atoms with Crippen LogP contribution in [0.25, 0.3) is 0 Å². The molecule has 0 amide bonds. The second-order valence-corrected chi connectivity index (χ2v) is 1.91. The van der Waals surface area contributed by atoms with Crippen LogP contribution in [0, 0.1) is 0 Å². The normalized spacial score (nSPS) is 7.09. The minimum Gasteiger partial charge on any atom is -2.00 e. The quantitative estimate of drug-likeness (QED) is 0.361. The Bertz CT molecular complexity index is 181. The predicted molar refractivity (Wildman–Crippen MR) is 32.0 cm³/mol. The number of halogens is 1. The zero-order valence-electron chi connectivity index (χ0n) is 6.47. The molecule has 3 nitrogen and oxygen atoms in total. The van der Waals surface area contributed by atoms with Gasteiger partial charge >= 0.3 is 17.1 Å². The molecule has 1 aromatic heterocycles. The van der Waals surface area contributed by atoms with Crippen molar-refractivity contribution in [3.8, 4) is 0 Å². The summed E-state index contributed by atoms with van der Waals surface area (Å²) in [5.41, 5.74) is 0. The third-order valence-corrected chi connectivity index (χ3v) is 1.19. The molecule has 11 heavy (non-hydrogen) atoms. The molecule has 0 aliphatic heterocycles. The van der Waals surface area contributed by atoms with Gasteiger partial charge in [0.1, 0.15) is 12.4 Å². The molecule has 0 aliphatic carbocycles. The number of aromatic nitrogens is 2. The average molecular weight is 218 g/mol. The van der Waals surface area contributed by atoms with Crippen LogP contribution in [0.5, 0.6) is 0 Å². The van der Waals surface area contributed by atoms with Gasteiger partial charge in [-0.05, 0) is 6.92 Å². The van der Waals surface area contributed by atoms with Gasteiger partial charge in [0.15, 0.2) is 0 Å². The Morgan fingerprint density at radius 1 is 1.45 bits per heavy atom. The van der Waals surface area contributed by atoms with Gasteiger partial charge in [-0.2, -0.15) is 0 Å². The molecular formula is C6H11ClFeN2O+. The summed E-state index contributed by atoms with van der Waals surface area (Å²) >= 11 is 0. The fraction of sp³-hybridized carbons (Fsp3) is 0.500. The summed E-state index contributed by atoms with van der Waals surface area (Å²) in [7, 11) is 2.02. The Balaban J connectivity index is -0.000000213. The molecule has 1 rings (SSSR count). The van der Waals surface area contributed by atoms with E-state index in [1.54, 1.807) is 0 Å². The van der Waals surface area contributed by atoms with E-state index in [9.17, 15) is 0 Å². The summed E-state index contributed by atoms with van der Waals surface area (Å²) in [6, 6.07) is 0. The molecule has 0 saturated carbocycles. The van der Waals surface area contributed by atoms with Crippen LogP contribution in [-0.4, -0.2) is 4.57 Å². The van der Waals surface area contributed by atoms with E-state index in [0.29, 0.717) is 0 Å². The summed E-state index contributed by atoms with van der Waals surface area (Å²) in [6.07, 6.45) is 6.14. The van der Waals surface area contributed by atoms with Gasteiger partial charge in [0.25, 0.3) is 0 Å². The van der Waals surface area contributed by atoms with E-state index in [1.165, 1.54) is 0 Å². The van der Waals surface area contributed by atoms with Gasteiger partial charge in [-0.15, -0.1) is 0 Å².